The second kappa shape index (κ2) is 9.07. The van der Waals surface area contributed by atoms with Gasteiger partial charge in [-0.2, -0.15) is 0 Å². The normalized spacial score (nSPS) is 11.3. The van der Waals surface area contributed by atoms with Crippen molar-refractivity contribution in [1.29, 1.82) is 0 Å². The van der Waals surface area contributed by atoms with Crippen LogP contribution in [0.15, 0.2) is 41.4 Å². The molecule has 0 fully saturated rings. The highest BCUT2D eigenvalue weighted by Gasteiger charge is 2.15. The summed E-state index contributed by atoms with van der Waals surface area (Å²) in [5.74, 6) is -4.55. The van der Waals surface area contributed by atoms with E-state index in [1.165, 1.54) is 0 Å². The number of hydrogen-bond donors (Lipinski definition) is 2. The Morgan fingerprint density at radius 1 is 1.07 bits per heavy atom. The Labute approximate surface area is 155 Å². The van der Waals surface area contributed by atoms with Crippen molar-refractivity contribution in [3.05, 3.63) is 65.0 Å². The van der Waals surface area contributed by atoms with Crippen LogP contribution in [0.4, 0.5) is 18.9 Å². The Balaban J connectivity index is 1.92. The van der Waals surface area contributed by atoms with E-state index < -0.39 is 29.0 Å². The molecule has 0 aliphatic heterocycles. The minimum Gasteiger partial charge on any atom is -0.347 e. The van der Waals surface area contributed by atoms with Crippen LogP contribution in [0.25, 0.3) is 0 Å². The van der Waals surface area contributed by atoms with Crippen LogP contribution in [-0.2, 0) is 11.3 Å². The maximum atomic E-state index is 13.6. The summed E-state index contributed by atoms with van der Waals surface area (Å²) in [5.41, 5.74) is 1.80. The molecular weight excluding hydrogens is 357 g/mol. The molecular formula is C19H21F3N4O. The van der Waals surface area contributed by atoms with E-state index in [4.69, 9.17) is 0 Å². The lowest BCUT2D eigenvalue weighted by atomic mass is 10.1. The average Bonchev–Trinajstić information content (AvgIpc) is 2.64. The molecule has 27 heavy (non-hydrogen) atoms. The number of anilines is 1. The monoisotopic (exact) mass is 378 g/mol. The van der Waals surface area contributed by atoms with Crippen LogP contribution in [0.1, 0.15) is 11.1 Å². The zero-order valence-electron chi connectivity index (χ0n) is 15.3. The van der Waals surface area contributed by atoms with Crippen molar-refractivity contribution in [3.8, 4) is 0 Å². The Hall–Kier alpha value is -3.03. The van der Waals surface area contributed by atoms with Crippen LogP contribution < -0.4 is 10.6 Å². The topological polar surface area (TPSA) is 56.7 Å². The van der Waals surface area contributed by atoms with Gasteiger partial charge in [0.1, 0.15) is 0 Å². The van der Waals surface area contributed by atoms with Gasteiger partial charge in [0.05, 0.1) is 12.2 Å². The van der Waals surface area contributed by atoms with Gasteiger partial charge in [0.2, 0.25) is 5.91 Å². The first-order chi connectivity index (χ1) is 12.8. The van der Waals surface area contributed by atoms with E-state index >= 15 is 0 Å². The second-order valence-electron chi connectivity index (χ2n) is 6.01. The molecule has 0 atom stereocenters. The van der Waals surface area contributed by atoms with Crippen molar-refractivity contribution in [3.63, 3.8) is 0 Å². The fourth-order valence-electron chi connectivity index (χ4n) is 2.40. The maximum Gasteiger partial charge on any atom is 0.243 e. The number of guanidine groups is 1. The maximum absolute atomic E-state index is 13.6. The van der Waals surface area contributed by atoms with E-state index in [9.17, 15) is 18.0 Å². The number of benzene rings is 2. The van der Waals surface area contributed by atoms with Crippen molar-refractivity contribution in [2.24, 2.45) is 4.99 Å². The largest absolute Gasteiger partial charge is 0.347 e. The number of aliphatic imine (C=N–C) groups is 1. The Kier molecular flexibility index (Phi) is 6.81. The first-order valence-electron chi connectivity index (χ1n) is 8.22. The lowest BCUT2D eigenvalue weighted by Crippen LogP contribution is -2.42. The Bertz CT molecular complexity index is 838. The van der Waals surface area contributed by atoms with Crippen LogP contribution in [0.3, 0.4) is 0 Å². The third-order valence-corrected chi connectivity index (χ3v) is 3.83. The summed E-state index contributed by atoms with van der Waals surface area (Å²) in [4.78, 5) is 17.9. The van der Waals surface area contributed by atoms with Gasteiger partial charge in [0.25, 0.3) is 0 Å². The van der Waals surface area contributed by atoms with Crippen molar-refractivity contribution < 1.29 is 18.0 Å². The van der Waals surface area contributed by atoms with Gasteiger partial charge in [0, 0.05) is 20.6 Å². The molecule has 0 spiro atoms. The molecule has 1 amide bonds. The van der Waals surface area contributed by atoms with E-state index in [0.29, 0.717) is 12.5 Å². The van der Waals surface area contributed by atoms with Gasteiger partial charge in [-0.3, -0.25) is 9.79 Å². The smallest absolute Gasteiger partial charge is 0.243 e. The van der Waals surface area contributed by atoms with Crippen LogP contribution >= 0.6 is 0 Å². The molecule has 5 nitrogen and oxygen atoms in total. The summed E-state index contributed by atoms with van der Waals surface area (Å²) >= 11 is 0. The number of nitrogens with zero attached hydrogens (tertiary/aromatic N) is 2. The van der Waals surface area contributed by atoms with E-state index in [0.717, 1.165) is 23.3 Å². The van der Waals surface area contributed by atoms with Gasteiger partial charge in [-0.1, -0.05) is 29.8 Å². The molecule has 0 saturated heterocycles. The van der Waals surface area contributed by atoms with Crippen molar-refractivity contribution >= 4 is 17.6 Å². The number of carbonyl (C=O) groups is 1. The molecule has 2 aromatic carbocycles. The van der Waals surface area contributed by atoms with Gasteiger partial charge in [-0.05, 0) is 24.6 Å². The SMILES string of the molecule is CN=C(NCC(=O)Nc1ccc(F)c(F)c1F)N(C)Cc1ccc(C)cc1. The predicted octanol–water partition coefficient (Wildman–Crippen LogP) is 3.06. The summed E-state index contributed by atoms with van der Waals surface area (Å²) in [6.07, 6.45) is 0. The number of hydrogen-bond acceptors (Lipinski definition) is 2. The van der Waals surface area contributed by atoms with Gasteiger partial charge < -0.3 is 15.5 Å². The summed E-state index contributed by atoms with van der Waals surface area (Å²) in [6.45, 7) is 2.35. The Morgan fingerprint density at radius 2 is 1.74 bits per heavy atom. The summed E-state index contributed by atoms with van der Waals surface area (Å²) in [6, 6.07) is 9.71. The first kappa shape index (κ1) is 20.3. The molecule has 0 aliphatic carbocycles. The average molecular weight is 378 g/mol. The molecule has 0 bridgehead atoms. The van der Waals surface area contributed by atoms with Gasteiger partial charge >= 0.3 is 0 Å². The lowest BCUT2D eigenvalue weighted by molar-refractivity contribution is -0.115. The minimum absolute atomic E-state index is 0.219. The van der Waals surface area contributed by atoms with E-state index in [1.807, 2.05) is 43.1 Å². The molecule has 0 unspecified atom stereocenters. The number of aryl methyl sites for hydroxylation is 1. The van der Waals surface area contributed by atoms with E-state index in [-0.39, 0.29) is 6.54 Å². The van der Waals surface area contributed by atoms with Gasteiger partial charge in [-0.25, -0.2) is 13.2 Å². The number of nitrogens with one attached hydrogen (secondary N) is 2. The third-order valence-electron chi connectivity index (χ3n) is 3.83. The standard InChI is InChI=1S/C19H21F3N4O/c1-12-4-6-13(7-5-12)11-26(3)19(23-2)24-10-16(27)25-15-9-8-14(20)17(21)18(15)22/h4-9H,10-11H2,1-3H3,(H,23,24)(H,25,27). The molecule has 0 radical (unpaired) electrons. The molecule has 0 heterocycles. The molecule has 0 aliphatic rings. The van der Waals surface area contributed by atoms with Crippen LogP contribution in [0.5, 0.6) is 0 Å². The highest BCUT2D eigenvalue weighted by atomic mass is 19.2. The molecule has 2 N–H and O–H groups in total. The summed E-state index contributed by atoms with van der Waals surface area (Å²) in [5, 5.41) is 5.04. The zero-order chi connectivity index (χ0) is 20.0. The molecule has 2 rings (SSSR count). The van der Waals surface area contributed by atoms with Crippen LogP contribution in [0, 0.1) is 24.4 Å². The number of carbonyl (C=O) groups excluding carboxylic acids is 1. The molecule has 2 aromatic rings. The second-order valence-corrected chi connectivity index (χ2v) is 6.01. The minimum atomic E-state index is -1.63. The van der Waals surface area contributed by atoms with Crippen LogP contribution in [0.2, 0.25) is 0 Å². The van der Waals surface area contributed by atoms with Crippen LogP contribution in [-0.4, -0.2) is 37.4 Å². The fraction of sp³-hybridized carbons (Fsp3) is 0.263. The van der Waals surface area contributed by atoms with E-state index in [1.54, 1.807) is 7.05 Å². The highest BCUT2D eigenvalue weighted by molar-refractivity contribution is 5.95. The Morgan fingerprint density at radius 3 is 2.37 bits per heavy atom. The molecule has 8 heteroatoms. The fourth-order valence-corrected chi connectivity index (χ4v) is 2.40. The van der Waals surface area contributed by atoms with Crippen molar-refractivity contribution in [1.82, 2.24) is 10.2 Å². The predicted molar refractivity (Wildman–Crippen MR) is 99.0 cm³/mol. The number of rotatable bonds is 5. The summed E-state index contributed by atoms with van der Waals surface area (Å²) < 4.78 is 39.7. The number of halogens is 3. The molecule has 0 aromatic heterocycles. The first-order valence-corrected chi connectivity index (χ1v) is 8.22. The van der Waals surface area contributed by atoms with Gasteiger partial charge in [-0.15, -0.1) is 0 Å². The van der Waals surface area contributed by atoms with E-state index in [2.05, 4.69) is 15.6 Å². The molecule has 0 saturated carbocycles. The third kappa shape index (κ3) is 5.47. The molecule has 144 valence electrons. The quantitative estimate of drug-likeness (QED) is 0.478. The van der Waals surface area contributed by atoms with Gasteiger partial charge in [0.15, 0.2) is 23.4 Å². The number of amides is 1. The van der Waals surface area contributed by atoms with Crippen molar-refractivity contribution in [2.45, 2.75) is 13.5 Å². The van der Waals surface area contributed by atoms with Crippen molar-refractivity contribution in [2.75, 3.05) is 26.0 Å². The summed E-state index contributed by atoms with van der Waals surface area (Å²) in [7, 11) is 3.38. The highest BCUT2D eigenvalue weighted by Crippen LogP contribution is 2.19. The lowest BCUT2D eigenvalue weighted by Gasteiger charge is -2.22. The zero-order valence-corrected chi connectivity index (χ0v) is 15.3.